The number of hydroxylamine groups is 1. The standard InChI is InChI=1S/C10H10ClNO5/c11-5-2-1-4(3-13)7-6(5)8(14)9(15)10(16)12(7)17/h1-2,8,13-17H,3H2. The van der Waals surface area contributed by atoms with Crippen molar-refractivity contribution in [1.82, 2.24) is 0 Å². The van der Waals surface area contributed by atoms with Crippen LogP contribution in [0, 0.1) is 0 Å². The third-order valence-corrected chi connectivity index (χ3v) is 2.92. The predicted molar refractivity (Wildman–Crippen MR) is 58.9 cm³/mol. The zero-order chi connectivity index (χ0) is 12.7. The van der Waals surface area contributed by atoms with Gasteiger partial charge in [0.25, 0.3) is 5.88 Å². The van der Waals surface area contributed by atoms with Crippen LogP contribution in [-0.2, 0) is 6.61 Å². The summed E-state index contributed by atoms with van der Waals surface area (Å²) >= 11 is 5.85. The van der Waals surface area contributed by atoms with Crippen molar-refractivity contribution in [2.24, 2.45) is 0 Å². The Morgan fingerprint density at radius 1 is 1.29 bits per heavy atom. The van der Waals surface area contributed by atoms with E-state index in [4.69, 9.17) is 16.7 Å². The third-order valence-electron chi connectivity index (χ3n) is 2.59. The lowest BCUT2D eigenvalue weighted by Gasteiger charge is -2.30. The van der Waals surface area contributed by atoms with E-state index in [0.717, 1.165) is 0 Å². The van der Waals surface area contributed by atoms with Gasteiger partial charge in [0, 0.05) is 16.1 Å². The molecule has 0 spiro atoms. The van der Waals surface area contributed by atoms with Crippen molar-refractivity contribution in [3.63, 3.8) is 0 Å². The SMILES string of the molecule is OCc1ccc(Cl)c2c1N(O)C(O)=C(O)C2O. The van der Waals surface area contributed by atoms with Gasteiger partial charge in [-0.2, -0.15) is 5.06 Å². The molecule has 0 aliphatic carbocycles. The maximum absolute atomic E-state index is 9.75. The molecule has 1 aliphatic heterocycles. The predicted octanol–water partition coefficient (Wildman–Crippen LogP) is 1.36. The van der Waals surface area contributed by atoms with Crippen molar-refractivity contribution >= 4 is 17.3 Å². The molecule has 17 heavy (non-hydrogen) atoms. The number of hydrogen-bond donors (Lipinski definition) is 5. The van der Waals surface area contributed by atoms with E-state index in [1.54, 1.807) is 0 Å². The number of fused-ring (bicyclic) bond motifs is 1. The molecule has 1 aromatic carbocycles. The summed E-state index contributed by atoms with van der Waals surface area (Å²) in [4.78, 5) is 0. The summed E-state index contributed by atoms with van der Waals surface area (Å²) in [5, 5.41) is 47.7. The van der Waals surface area contributed by atoms with Crippen molar-refractivity contribution in [1.29, 1.82) is 0 Å². The van der Waals surface area contributed by atoms with Crippen LogP contribution in [0.2, 0.25) is 5.02 Å². The number of anilines is 1. The fraction of sp³-hybridized carbons (Fsp3) is 0.200. The highest BCUT2D eigenvalue weighted by Crippen LogP contribution is 2.43. The molecule has 1 heterocycles. The maximum Gasteiger partial charge on any atom is 0.258 e. The average molecular weight is 260 g/mol. The molecule has 2 rings (SSSR count). The second kappa shape index (κ2) is 4.08. The normalized spacial score (nSPS) is 19.5. The molecule has 0 aromatic heterocycles. The van der Waals surface area contributed by atoms with Gasteiger partial charge in [0.1, 0.15) is 6.10 Å². The Bertz CT molecular complexity index is 502. The van der Waals surface area contributed by atoms with E-state index in [0.29, 0.717) is 0 Å². The van der Waals surface area contributed by atoms with E-state index in [1.807, 2.05) is 0 Å². The molecule has 0 fully saturated rings. The lowest BCUT2D eigenvalue weighted by atomic mass is 9.98. The minimum atomic E-state index is -1.55. The molecule has 0 amide bonds. The maximum atomic E-state index is 9.75. The van der Waals surface area contributed by atoms with Gasteiger partial charge >= 0.3 is 0 Å². The molecule has 0 saturated heterocycles. The van der Waals surface area contributed by atoms with Crippen LogP contribution in [0.4, 0.5) is 5.69 Å². The molecule has 5 N–H and O–H groups in total. The van der Waals surface area contributed by atoms with Crippen LogP contribution >= 0.6 is 11.6 Å². The summed E-state index contributed by atoms with van der Waals surface area (Å²) in [7, 11) is 0. The number of nitrogens with zero attached hydrogens (tertiary/aromatic N) is 1. The molecule has 7 heteroatoms. The first-order valence-corrected chi connectivity index (χ1v) is 5.08. The first kappa shape index (κ1) is 12.0. The van der Waals surface area contributed by atoms with Crippen molar-refractivity contribution < 1.29 is 25.6 Å². The van der Waals surface area contributed by atoms with Crippen LogP contribution < -0.4 is 5.06 Å². The van der Waals surface area contributed by atoms with E-state index in [-0.39, 0.29) is 26.9 Å². The number of benzene rings is 1. The van der Waals surface area contributed by atoms with Gasteiger partial charge in [0.15, 0.2) is 5.76 Å². The Kier molecular flexibility index (Phi) is 2.88. The Labute approximate surface area is 101 Å². The molecular formula is C10H10ClNO5. The first-order valence-electron chi connectivity index (χ1n) is 4.70. The minimum absolute atomic E-state index is 0.0241. The average Bonchev–Trinajstić information content (AvgIpc) is 2.33. The molecule has 1 unspecified atom stereocenters. The number of halogens is 1. The smallest absolute Gasteiger partial charge is 0.258 e. The largest absolute Gasteiger partial charge is 0.505 e. The van der Waals surface area contributed by atoms with Crippen LogP contribution in [0.1, 0.15) is 17.2 Å². The molecule has 0 radical (unpaired) electrons. The highest BCUT2D eigenvalue weighted by molar-refractivity contribution is 6.32. The van der Waals surface area contributed by atoms with Gasteiger partial charge in [-0.05, 0) is 6.07 Å². The van der Waals surface area contributed by atoms with Crippen LogP contribution in [-0.4, -0.2) is 25.6 Å². The molecule has 1 aromatic rings. The summed E-state index contributed by atoms with van der Waals surface area (Å²) in [6, 6.07) is 2.85. The summed E-state index contributed by atoms with van der Waals surface area (Å²) < 4.78 is 0. The lowest BCUT2D eigenvalue weighted by molar-refractivity contribution is 0.110. The van der Waals surface area contributed by atoms with Gasteiger partial charge in [0.2, 0.25) is 0 Å². The molecular weight excluding hydrogens is 250 g/mol. The molecule has 92 valence electrons. The second-order valence-corrected chi connectivity index (χ2v) is 3.96. The summed E-state index contributed by atoms with van der Waals surface area (Å²) in [6.07, 6.45) is -1.55. The highest BCUT2D eigenvalue weighted by Gasteiger charge is 2.34. The monoisotopic (exact) mass is 259 g/mol. The van der Waals surface area contributed by atoms with Gasteiger partial charge in [-0.1, -0.05) is 17.7 Å². The van der Waals surface area contributed by atoms with E-state index >= 15 is 0 Å². The third kappa shape index (κ3) is 1.62. The van der Waals surface area contributed by atoms with E-state index in [1.165, 1.54) is 12.1 Å². The van der Waals surface area contributed by atoms with Crippen molar-refractivity contribution in [2.75, 3.05) is 5.06 Å². The van der Waals surface area contributed by atoms with Gasteiger partial charge in [0.05, 0.1) is 12.3 Å². The zero-order valence-corrected chi connectivity index (χ0v) is 9.26. The topological polar surface area (TPSA) is 104 Å². The van der Waals surface area contributed by atoms with E-state index < -0.39 is 24.4 Å². The summed E-state index contributed by atoms with van der Waals surface area (Å²) in [6.45, 7) is -0.419. The summed E-state index contributed by atoms with van der Waals surface area (Å²) in [5.74, 6) is -1.71. The van der Waals surface area contributed by atoms with Crippen molar-refractivity contribution in [2.45, 2.75) is 12.7 Å². The van der Waals surface area contributed by atoms with Crippen molar-refractivity contribution in [3.05, 3.63) is 39.9 Å². The lowest BCUT2D eigenvalue weighted by Crippen LogP contribution is -2.29. The fourth-order valence-electron chi connectivity index (χ4n) is 1.74. The minimum Gasteiger partial charge on any atom is -0.505 e. The van der Waals surface area contributed by atoms with Gasteiger partial charge in [-0.25, -0.2) is 0 Å². The molecule has 0 saturated carbocycles. The Morgan fingerprint density at radius 3 is 2.53 bits per heavy atom. The number of aliphatic hydroxyl groups is 4. The molecule has 1 atom stereocenters. The molecule has 6 nitrogen and oxygen atoms in total. The number of hydrogen-bond acceptors (Lipinski definition) is 6. The van der Waals surface area contributed by atoms with Gasteiger partial charge in [-0.3, -0.25) is 5.21 Å². The Hall–Kier alpha value is -1.47. The first-order chi connectivity index (χ1) is 7.99. The molecule has 1 aliphatic rings. The Balaban J connectivity index is 2.74. The van der Waals surface area contributed by atoms with Crippen LogP contribution in [0.25, 0.3) is 0 Å². The number of rotatable bonds is 1. The molecule has 0 bridgehead atoms. The van der Waals surface area contributed by atoms with Crippen LogP contribution in [0.15, 0.2) is 23.8 Å². The Morgan fingerprint density at radius 2 is 1.94 bits per heavy atom. The van der Waals surface area contributed by atoms with Gasteiger partial charge in [-0.15, -0.1) is 0 Å². The fourth-order valence-corrected chi connectivity index (χ4v) is 2.00. The second-order valence-electron chi connectivity index (χ2n) is 3.55. The van der Waals surface area contributed by atoms with E-state index in [9.17, 15) is 20.5 Å². The van der Waals surface area contributed by atoms with Crippen LogP contribution in [0.3, 0.4) is 0 Å². The van der Waals surface area contributed by atoms with E-state index in [2.05, 4.69) is 0 Å². The summed E-state index contributed by atoms with van der Waals surface area (Å²) in [5.41, 5.74) is 0.240. The van der Waals surface area contributed by atoms with Gasteiger partial charge < -0.3 is 20.4 Å². The highest BCUT2D eigenvalue weighted by atomic mass is 35.5. The van der Waals surface area contributed by atoms with Crippen LogP contribution in [0.5, 0.6) is 0 Å². The number of aliphatic hydroxyl groups excluding tert-OH is 4. The van der Waals surface area contributed by atoms with Crippen molar-refractivity contribution in [3.8, 4) is 0 Å². The zero-order valence-electron chi connectivity index (χ0n) is 8.50. The quantitative estimate of drug-likeness (QED) is 0.522.